The van der Waals surface area contributed by atoms with Crippen LogP contribution in [0.25, 0.3) is 0 Å². The highest BCUT2D eigenvalue weighted by Crippen LogP contribution is 2.30. The first-order valence-electron chi connectivity index (χ1n) is 6.76. The molecule has 1 atom stereocenters. The number of nitrogens with zero attached hydrogens (tertiary/aromatic N) is 3. The first-order chi connectivity index (χ1) is 8.74. The lowest BCUT2D eigenvalue weighted by molar-refractivity contribution is 0.529. The van der Waals surface area contributed by atoms with Gasteiger partial charge in [-0.15, -0.1) is 0 Å². The fourth-order valence-corrected chi connectivity index (χ4v) is 2.70. The van der Waals surface area contributed by atoms with E-state index in [1.165, 1.54) is 19.3 Å². The summed E-state index contributed by atoms with van der Waals surface area (Å²) in [5.74, 6) is 2.32. The summed E-state index contributed by atoms with van der Waals surface area (Å²) in [6.45, 7) is 7.21. The van der Waals surface area contributed by atoms with Crippen molar-refractivity contribution in [3.05, 3.63) is 11.2 Å². The van der Waals surface area contributed by atoms with Gasteiger partial charge >= 0.3 is 0 Å². The Kier molecular flexibility index (Phi) is 4.64. The number of nitrogens with one attached hydrogen (secondary N) is 1. The summed E-state index contributed by atoms with van der Waals surface area (Å²) in [4.78, 5) is 11.0. The number of hydrogen-bond donors (Lipinski definition) is 1. The smallest absolute Gasteiger partial charge is 0.224 e. The molecule has 100 valence electrons. The molecule has 18 heavy (non-hydrogen) atoms. The molecule has 4 nitrogen and oxygen atoms in total. The number of anilines is 2. The number of halogens is 1. The van der Waals surface area contributed by atoms with E-state index in [9.17, 15) is 0 Å². The Bertz CT molecular complexity index is 397. The molecule has 1 N–H and O–H groups in total. The minimum absolute atomic E-state index is 0.647. The molecular formula is C13H21ClN4. The molecule has 1 aliphatic heterocycles. The van der Waals surface area contributed by atoms with Gasteiger partial charge in [0.05, 0.1) is 6.20 Å². The molecule has 5 heteroatoms. The van der Waals surface area contributed by atoms with E-state index < -0.39 is 0 Å². The van der Waals surface area contributed by atoms with Crippen molar-refractivity contribution in [3.8, 4) is 0 Å². The van der Waals surface area contributed by atoms with Gasteiger partial charge < -0.3 is 10.2 Å². The van der Waals surface area contributed by atoms with Crippen molar-refractivity contribution in [2.45, 2.75) is 33.1 Å². The molecule has 1 aromatic rings. The zero-order valence-electron chi connectivity index (χ0n) is 11.1. The van der Waals surface area contributed by atoms with E-state index in [2.05, 4.69) is 27.1 Å². The van der Waals surface area contributed by atoms with Crippen LogP contribution in [0.1, 0.15) is 33.1 Å². The summed E-state index contributed by atoms with van der Waals surface area (Å²) in [5.41, 5.74) is 0. The largest absolute Gasteiger partial charge is 0.355 e. The van der Waals surface area contributed by atoms with E-state index in [0.29, 0.717) is 11.0 Å². The quantitative estimate of drug-likeness (QED) is 0.890. The van der Waals surface area contributed by atoms with Gasteiger partial charge in [0.1, 0.15) is 5.02 Å². The average Bonchev–Trinajstić information content (AvgIpc) is 2.81. The normalized spacial score (nSPS) is 19.3. The van der Waals surface area contributed by atoms with Gasteiger partial charge in [0, 0.05) is 19.6 Å². The predicted molar refractivity (Wildman–Crippen MR) is 76.4 cm³/mol. The third-order valence-corrected chi connectivity index (χ3v) is 3.61. The van der Waals surface area contributed by atoms with E-state index in [1.807, 2.05) is 6.92 Å². The number of hydrogen-bond acceptors (Lipinski definition) is 4. The molecule has 0 amide bonds. The summed E-state index contributed by atoms with van der Waals surface area (Å²) < 4.78 is 0. The topological polar surface area (TPSA) is 41.1 Å². The molecule has 0 aliphatic carbocycles. The maximum atomic E-state index is 6.21. The van der Waals surface area contributed by atoms with Gasteiger partial charge in [-0.3, -0.25) is 0 Å². The van der Waals surface area contributed by atoms with Crippen molar-refractivity contribution < 1.29 is 0 Å². The third kappa shape index (κ3) is 3.05. The molecule has 1 aromatic heterocycles. The van der Waals surface area contributed by atoms with Crippen molar-refractivity contribution in [2.75, 3.05) is 29.9 Å². The molecule has 2 heterocycles. The molecular weight excluding hydrogens is 248 g/mol. The Balaban J connectivity index is 2.10. The minimum Gasteiger partial charge on any atom is -0.355 e. The molecule has 1 unspecified atom stereocenters. The standard InChI is InChI=1S/C13H21ClN4/c1-3-5-10-6-7-18(9-10)12-11(14)8-16-13(17-12)15-4-2/h8,10H,3-7,9H2,1-2H3,(H,15,16,17). The Morgan fingerprint density at radius 2 is 2.33 bits per heavy atom. The first-order valence-corrected chi connectivity index (χ1v) is 7.13. The van der Waals surface area contributed by atoms with E-state index in [-0.39, 0.29) is 0 Å². The Morgan fingerprint density at radius 3 is 3.06 bits per heavy atom. The Hall–Kier alpha value is -1.03. The SMILES string of the molecule is CCCC1CCN(c2nc(NCC)ncc2Cl)C1. The summed E-state index contributed by atoms with van der Waals surface area (Å²) >= 11 is 6.21. The van der Waals surface area contributed by atoms with Crippen LogP contribution in [0.15, 0.2) is 6.20 Å². The second-order valence-electron chi connectivity index (χ2n) is 4.78. The van der Waals surface area contributed by atoms with Gasteiger partial charge in [-0.05, 0) is 25.7 Å². The fraction of sp³-hybridized carbons (Fsp3) is 0.692. The second kappa shape index (κ2) is 6.23. The number of rotatable bonds is 5. The van der Waals surface area contributed by atoms with Crippen molar-refractivity contribution in [1.82, 2.24) is 9.97 Å². The molecule has 0 bridgehead atoms. The van der Waals surface area contributed by atoms with Crippen LogP contribution in [0, 0.1) is 5.92 Å². The summed E-state index contributed by atoms with van der Waals surface area (Å²) in [6, 6.07) is 0. The van der Waals surface area contributed by atoms with Gasteiger partial charge in [-0.2, -0.15) is 4.98 Å². The summed E-state index contributed by atoms with van der Waals surface area (Å²) in [7, 11) is 0. The lowest BCUT2D eigenvalue weighted by Gasteiger charge is -2.19. The zero-order valence-corrected chi connectivity index (χ0v) is 11.9. The van der Waals surface area contributed by atoms with Crippen LogP contribution in [0.3, 0.4) is 0 Å². The van der Waals surface area contributed by atoms with Gasteiger partial charge in [0.15, 0.2) is 5.82 Å². The molecule has 1 aliphatic rings. The van der Waals surface area contributed by atoms with Crippen molar-refractivity contribution >= 4 is 23.4 Å². The monoisotopic (exact) mass is 268 g/mol. The lowest BCUT2D eigenvalue weighted by atomic mass is 10.0. The number of aromatic nitrogens is 2. The van der Waals surface area contributed by atoms with Gasteiger partial charge in [-0.1, -0.05) is 24.9 Å². The van der Waals surface area contributed by atoms with E-state index in [4.69, 9.17) is 11.6 Å². The van der Waals surface area contributed by atoms with Crippen LogP contribution >= 0.6 is 11.6 Å². The lowest BCUT2D eigenvalue weighted by Crippen LogP contribution is -2.22. The van der Waals surface area contributed by atoms with E-state index in [0.717, 1.165) is 31.4 Å². The van der Waals surface area contributed by atoms with Crippen LogP contribution in [0.4, 0.5) is 11.8 Å². The zero-order chi connectivity index (χ0) is 13.0. The van der Waals surface area contributed by atoms with Crippen molar-refractivity contribution in [3.63, 3.8) is 0 Å². The van der Waals surface area contributed by atoms with Crippen LogP contribution in [0.5, 0.6) is 0 Å². The van der Waals surface area contributed by atoms with E-state index in [1.54, 1.807) is 6.20 Å². The first kappa shape index (κ1) is 13.4. The Labute approximate surface area is 114 Å². The summed E-state index contributed by atoms with van der Waals surface area (Å²) in [5, 5.41) is 3.77. The van der Waals surface area contributed by atoms with Gasteiger partial charge in [-0.25, -0.2) is 4.98 Å². The molecule has 1 saturated heterocycles. The second-order valence-corrected chi connectivity index (χ2v) is 5.19. The fourth-order valence-electron chi connectivity index (χ4n) is 2.49. The highest BCUT2D eigenvalue weighted by atomic mass is 35.5. The highest BCUT2D eigenvalue weighted by molar-refractivity contribution is 6.32. The van der Waals surface area contributed by atoms with Crippen LogP contribution in [-0.2, 0) is 0 Å². The average molecular weight is 269 g/mol. The van der Waals surface area contributed by atoms with Crippen LogP contribution < -0.4 is 10.2 Å². The molecule has 0 spiro atoms. The van der Waals surface area contributed by atoms with Crippen LogP contribution in [0.2, 0.25) is 5.02 Å². The predicted octanol–water partition coefficient (Wildman–Crippen LogP) is 3.19. The maximum Gasteiger partial charge on any atom is 0.224 e. The van der Waals surface area contributed by atoms with Crippen molar-refractivity contribution in [1.29, 1.82) is 0 Å². The molecule has 0 saturated carbocycles. The van der Waals surface area contributed by atoms with E-state index >= 15 is 0 Å². The molecule has 1 fully saturated rings. The summed E-state index contributed by atoms with van der Waals surface area (Å²) in [6.07, 6.45) is 5.47. The maximum absolute atomic E-state index is 6.21. The Morgan fingerprint density at radius 1 is 1.50 bits per heavy atom. The molecule has 0 radical (unpaired) electrons. The van der Waals surface area contributed by atoms with Gasteiger partial charge in [0.2, 0.25) is 5.95 Å². The molecule has 2 rings (SSSR count). The van der Waals surface area contributed by atoms with Crippen LogP contribution in [-0.4, -0.2) is 29.6 Å². The highest BCUT2D eigenvalue weighted by Gasteiger charge is 2.24. The third-order valence-electron chi connectivity index (χ3n) is 3.34. The van der Waals surface area contributed by atoms with Gasteiger partial charge in [0.25, 0.3) is 0 Å². The minimum atomic E-state index is 0.647. The van der Waals surface area contributed by atoms with Crippen molar-refractivity contribution in [2.24, 2.45) is 5.92 Å². The molecule has 0 aromatic carbocycles.